The van der Waals surface area contributed by atoms with E-state index in [2.05, 4.69) is 42.9 Å². The van der Waals surface area contributed by atoms with Crippen LogP contribution >= 0.6 is 0 Å². The molecule has 2 aromatic heterocycles. The van der Waals surface area contributed by atoms with E-state index >= 15 is 0 Å². The van der Waals surface area contributed by atoms with E-state index in [1.54, 1.807) is 6.26 Å². The van der Waals surface area contributed by atoms with Gasteiger partial charge in [-0.25, -0.2) is 0 Å². The van der Waals surface area contributed by atoms with Crippen LogP contribution in [0.25, 0.3) is 0 Å². The van der Waals surface area contributed by atoms with Crippen molar-refractivity contribution in [2.45, 2.75) is 33.4 Å². The summed E-state index contributed by atoms with van der Waals surface area (Å²) in [7, 11) is 2.14. The molecule has 2 aromatic rings. The summed E-state index contributed by atoms with van der Waals surface area (Å²) < 4.78 is 7.58. The molecule has 3 nitrogen and oxygen atoms in total. The van der Waals surface area contributed by atoms with Gasteiger partial charge in [-0.3, -0.25) is 0 Å². The maximum absolute atomic E-state index is 5.29. The van der Waals surface area contributed by atoms with Crippen molar-refractivity contribution in [1.82, 2.24) is 9.88 Å². The Labute approximate surface area is 109 Å². The lowest BCUT2D eigenvalue weighted by atomic mass is 10.1. The summed E-state index contributed by atoms with van der Waals surface area (Å²) in [6.45, 7) is 6.15. The molecular weight excluding hydrogens is 224 g/mol. The van der Waals surface area contributed by atoms with Crippen molar-refractivity contribution in [2.24, 2.45) is 13.0 Å². The molecule has 0 unspecified atom stereocenters. The molecule has 0 spiro atoms. The second kappa shape index (κ2) is 5.91. The Hall–Kier alpha value is -1.48. The molecule has 2 rings (SSSR count). The van der Waals surface area contributed by atoms with Crippen LogP contribution in [-0.2, 0) is 26.6 Å². The summed E-state index contributed by atoms with van der Waals surface area (Å²) >= 11 is 0. The highest BCUT2D eigenvalue weighted by Gasteiger charge is 2.06. The van der Waals surface area contributed by atoms with Gasteiger partial charge in [0, 0.05) is 25.0 Å². The number of aromatic nitrogens is 1. The average Bonchev–Trinajstić information content (AvgIpc) is 2.93. The SMILES string of the molecule is CC(C)Cc1ccc(CNCc2ccco2)n1C. The number of hydrogen-bond acceptors (Lipinski definition) is 2. The molecule has 98 valence electrons. The fourth-order valence-corrected chi connectivity index (χ4v) is 2.13. The molecule has 0 bridgehead atoms. The maximum atomic E-state index is 5.29. The zero-order valence-electron chi connectivity index (χ0n) is 11.4. The van der Waals surface area contributed by atoms with Crippen molar-refractivity contribution < 1.29 is 4.42 Å². The van der Waals surface area contributed by atoms with Gasteiger partial charge in [0.2, 0.25) is 0 Å². The van der Waals surface area contributed by atoms with Crippen LogP contribution in [-0.4, -0.2) is 4.57 Å². The molecule has 0 aliphatic carbocycles. The molecule has 0 atom stereocenters. The minimum Gasteiger partial charge on any atom is -0.468 e. The third-order valence-electron chi connectivity index (χ3n) is 3.13. The van der Waals surface area contributed by atoms with Crippen LogP contribution in [0.5, 0.6) is 0 Å². The highest BCUT2D eigenvalue weighted by molar-refractivity contribution is 5.16. The predicted molar refractivity (Wildman–Crippen MR) is 73.2 cm³/mol. The Bertz CT molecular complexity index is 469. The van der Waals surface area contributed by atoms with Gasteiger partial charge in [-0.15, -0.1) is 0 Å². The standard InChI is InChI=1S/C15H22N2O/c1-12(2)9-13-6-7-14(17(13)3)10-16-11-15-5-4-8-18-15/h4-8,12,16H,9-11H2,1-3H3. The number of hydrogen-bond donors (Lipinski definition) is 1. The van der Waals surface area contributed by atoms with Crippen molar-refractivity contribution >= 4 is 0 Å². The Morgan fingerprint density at radius 1 is 1.17 bits per heavy atom. The van der Waals surface area contributed by atoms with Gasteiger partial charge < -0.3 is 14.3 Å². The van der Waals surface area contributed by atoms with E-state index in [0.29, 0.717) is 5.92 Å². The lowest BCUT2D eigenvalue weighted by molar-refractivity contribution is 0.479. The monoisotopic (exact) mass is 246 g/mol. The summed E-state index contributed by atoms with van der Waals surface area (Å²) in [4.78, 5) is 0. The van der Waals surface area contributed by atoms with Crippen molar-refractivity contribution in [3.05, 3.63) is 47.7 Å². The summed E-state index contributed by atoms with van der Waals surface area (Å²) in [5.74, 6) is 1.68. The lowest BCUT2D eigenvalue weighted by Crippen LogP contribution is -2.15. The number of nitrogens with zero attached hydrogens (tertiary/aromatic N) is 1. The molecule has 0 amide bonds. The minimum atomic E-state index is 0.697. The van der Waals surface area contributed by atoms with Gasteiger partial charge in [0.1, 0.15) is 5.76 Å². The van der Waals surface area contributed by atoms with Crippen LogP contribution in [0.2, 0.25) is 0 Å². The topological polar surface area (TPSA) is 30.1 Å². The third kappa shape index (κ3) is 3.26. The molecule has 18 heavy (non-hydrogen) atoms. The summed E-state index contributed by atoms with van der Waals surface area (Å²) in [6.07, 6.45) is 2.84. The molecule has 0 radical (unpaired) electrons. The molecule has 2 heterocycles. The Balaban J connectivity index is 1.87. The van der Waals surface area contributed by atoms with E-state index in [1.807, 2.05) is 12.1 Å². The molecule has 0 aliphatic heterocycles. The molecule has 0 fully saturated rings. The van der Waals surface area contributed by atoms with Gasteiger partial charge in [-0.1, -0.05) is 13.8 Å². The molecule has 1 N–H and O–H groups in total. The first kappa shape index (κ1) is 13.0. The van der Waals surface area contributed by atoms with Crippen molar-refractivity contribution in [1.29, 1.82) is 0 Å². The molecule has 3 heteroatoms. The molecule has 0 aromatic carbocycles. The Morgan fingerprint density at radius 2 is 1.94 bits per heavy atom. The largest absolute Gasteiger partial charge is 0.468 e. The highest BCUT2D eigenvalue weighted by atomic mass is 16.3. The fourth-order valence-electron chi connectivity index (χ4n) is 2.13. The van der Waals surface area contributed by atoms with Gasteiger partial charge >= 0.3 is 0 Å². The number of rotatable bonds is 6. The van der Waals surface area contributed by atoms with Gasteiger partial charge in [0.05, 0.1) is 12.8 Å². The Morgan fingerprint density at radius 3 is 2.61 bits per heavy atom. The fraction of sp³-hybridized carbons (Fsp3) is 0.467. The first-order valence-corrected chi connectivity index (χ1v) is 6.53. The van der Waals surface area contributed by atoms with E-state index in [9.17, 15) is 0 Å². The van der Waals surface area contributed by atoms with Crippen molar-refractivity contribution in [3.63, 3.8) is 0 Å². The third-order valence-corrected chi connectivity index (χ3v) is 3.13. The van der Waals surface area contributed by atoms with E-state index in [4.69, 9.17) is 4.42 Å². The van der Waals surface area contributed by atoms with E-state index in [1.165, 1.54) is 11.4 Å². The quantitative estimate of drug-likeness (QED) is 0.849. The van der Waals surface area contributed by atoms with Crippen LogP contribution in [0.1, 0.15) is 31.0 Å². The van der Waals surface area contributed by atoms with Gasteiger partial charge in [0.15, 0.2) is 0 Å². The van der Waals surface area contributed by atoms with Gasteiger partial charge in [0.25, 0.3) is 0 Å². The number of nitrogens with one attached hydrogen (secondary N) is 1. The average molecular weight is 246 g/mol. The smallest absolute Gasteiger partial charge is 0.117 e. The summed E-state index contributed by atoms with van der Waals surface area (Å²) in [6, 6.07) is 8.33. The van der Waals surface area contributed by atoms with Crippen molar-refractivity contribution in [2.75, 3.05) is 0 Å². The Kier molecular flexibility index (Phi) is 4.26. The van der Waals surface area contributed by atoms with Crippen LogP contribution in [0.4, 0.5) is 0 Å². The second-order valence-electron chi connectivity index (χ2n) is 5.16. The van der Waals surface area contributed by atoms with Crippen LogP contribution < -0.4 is 5.32 Å². The highest BCUT2D eigenvalue weighted by Crippen LogP contribution is 2.12. The normalized spacial score (nSPS) is 11.3. The second-order valence-corrected chi connectivity index (χ2v) is 5.16. The van der Waals surface area contributed by atoms with Crippen LogP contribution in [0.3, 0.4) is 0 Å². The van der Waals surface area contributed by atoms with Crippen molar-refractivity contribution in [3.8, 4) is 0 Å². The minimum absolute atomic E-state index is 0.697. The molecule has 0 saturated heterocycles. The lowest BCUT2D eigenvalue weighted by Gasteiger charge is -2.10. The summed E-state index contributed by atoms with van der Waals surface area (Å²) in [5, 5.41) is 3.40. The van der Waals surface area contributed by atoms with Crippen LogP contribution in [0, 0.1) is 5.92 Å². The molecule has 0 saturated carbocycles. The zero-order chi connectivity index (χ0) is 13.0. The summed E-state index contributed by atoms with van der Waals surface area (Å²) in [5.41, 5.74) is 2.72. The molecule has 0 aliphatic rings. The number of furan rings is 1. The maximum Gasteiger partial charge on any atom is 0.117 e. The molecular formula is C15H22N2O. The van der Waals surface area contributed by atoms with E-state index in [0.717, 1.165) is 25.3 Å². The van der Waals surface area contributed by atoms with E-state index < -0.39 is 0 Å². The van der Waals surface area contributed by atoms with Crippen LogP contribution in [0.15, 0.2) is 34.9 Å². The first-order chi connectivity index (χ1) is 8.66. The van der Waals surface area contributed by atoms with Gasteiger partial charge in [-0.2, -0.15) is 0 Å². The van der Waals surface area contributed by atoms with Gasteiger partial charge in [-0.05, 0) is 36.6 Å². The van der Waals surface area contributed by atoms with E-state index in [-0.39, 0.29) is 0 Å². The predicted octanol–water partition coefficient (Wildman–Crippen LogP) is 3.11. The zero-order valence-corrected chi connectivity index (χ0v) is 11.4. The first-order valence-electron chi connectivity index (χ1n) is 6.53.